The normalized spacial score (nSPS) is 12.0. The number of furan rings is 1. The molecule has 0 saturated heterocycles. The van der Waals surface area contributed by atoms with Gasteiger partial charge in [0.15, 0.2) is 0 Å². The predicted octanol–water partition coefficient (Wildman–Crippen LogP) is 5.29. The average molecular weight is 322 g/mol. The largest absolute Gasteiger partial charge is 0.472 e. The zero-order valence-corrected chi connectivity index (χ0v) is 12.5. The summed E-state index contributed by atoms with van der Waals surface area (Å²) in [5.41, 5.74) is 0.840. The standard InChI is InChI=1S/C18H17F3O2/c19-18(20,21)16-7-1-4-14(12-16)5-2-8-17(22)9-3-6-15-10-11-23-13-15/h1,3-4,6-7,10-13H,2,5,8-9H2/b6-3+. The maximum absolute atomic E-state index is 12.6. The van der Waals surface area contributed by atoms with Crippen LogP contribution in [0, 0.1) is 0 Å². The van der Waals surface area contributed by atoms with E-state index in [9.17, 15) is 18.0 Å². The van der Waals surface area contributed by atoms with Gasteiger partial charge in [-0.05, 0) is 30.5 Å². The monoisotopic (exact) mass is 322 g/mol. The summed E-state index contributed by atoms with van der Waals surface area (Å²) >= 11 is 0. The lowest BCUT2D eigenvalue weighted by atomic mass is 10.0. The minimum Gasteiger partial charge on any atom is -0.472 e. The van der Waals surface area contributed by atoms with Crippen molar-refractivity contribution in [1.29, 1.82) is 0 Å². The molecule has 2 aromatic rings. The molecule has 0 N–H and O–H groups in total. The smallest absolute Gasteiger partial charge is 0.416 e. The van der Waals surface area contributed by atoms with Crippen LogP contribution in [0.3, 0.4) is 0 Å². The first-order valence-electron chi connectivity index (χ1n) is 7.32. The lowest BCUT2D eigenvalue weighted by Crippen LogP contribution is -2.05. The Labute approximate surface area is 132 Å². The van der Waals surface area contributed by atoms with E-state index in [-0.39, 0.29) is 5.78 Å². The van der Waals surface area contributed by atoms with Gasteiger partial charge in [0, 0.05) is 18.4 Å². The van der Waals surface area contributed by atoms with Gasteiger partial charge in [-0.15, -0.1) is 0 Å². The third kappa shape index (κ3) is 5.77. The number of halogens is 3. The van der Waals surface area contributed by atoms with E-state index < -0.39 is 11.7 Å². The second-order valence-electron chi connectivity index (χ2n) is 5.25. The van der Waals surface area contributed by atoms with Crippen molar-refractivity contribution in [3.8, 4) is 0 Å². The number of ketones is 1. The first kappa shape index (κ1) is 17.1. The number of allylic oxidation sites excluding steroid dienone is 1. The van der Waals surface area contributed by atoms with Crippen molar-refractivity contribution in [2.24, 2.45) is 0 Å². The highest BCUT2D eigenvalue weighted by Gasteiger charge is 2.30. The molecule has 0 atom stereocenters. The number of alkyl halides is 3. The molecule has 0 spiro atoms. The molecule has 0 aliphatic rings. The highest BCUT2D eigenvalue weighted by molar-refractivity contribution is 5.80. The quantitative estimate of drug-likeness (QED) is 0.693. The van der Waals surface area contributed by atoms with Crippen LogP contribution in [-0.4, -0.2) is 5.78 Å². The highest BCUT2D eigenvalue weighted by Crippen LogP contribution is 2.29. The Bertz CT molecular complexity index is 655. The Morgan fingerprint density at radius 3 is 2.74 bits per heavy atom. The molecule has 0 fully saturated rings. The third-order valence-electron chi connectivity index (χ3n) is 3.37. The van der Waals surface area contributed by atoms with Crippen LogP contribution in [0.5, 0.6) is 0 Å². The number of hydrogen-bond donors (Lipinski definition) is 0. The molecule has 5 heteroatoms. The van der Waals surface area contributed by atoms with Gasteiger partial charge in [0.05, 0.1) is 18.1 Å². The fourth-order valence-corrected chi connectivity index (χ4v) is 2.19. The second kappa shape index (κ2) is 7.81. The van der Waals surface area contributed by atoms with Gasteiger partial charge in [-0.3, -0.25) is 4.79 Å². The first-order chi connectivity index (χ1) is 10.9. The summed E-state index contributed by atoms with van der Waals surface area (Å²) in [5.74, 6) is 0.0664. The molecule has 0 aliphatic carbocycles. The van der Waals surface area contributed by atoms with Gasteiger partial charge in [0.1, 0.15) is 5.78 Å². The van der Waals surface area contributed by atoms with Crippen molar-refractivity contribution in [3.05, 3.63) is 65.6 Å². The number of Topliss-reactive ketones (excluding diaryl/α,β-unsaturated/α-hetero) is 1. The van der Waals surface area contributed by atoms with E-state index in [1.807, 2.05) is 0 Å². The van der Waals surface area contributed by atoms with E-state index in [2.05, 4.69) is 0 Å². The molecule has 2 nitrogen and oxygen atoms in total. The van der Waals surface area contributed by atoms with Crippen LogP contribution in [0.2, 0.25) is 0 Å². The summed E-state index contributed by atoms with van der Waals surface area (Å²) in [6.45, 7) is 0. The number of carbonyl (C=O) groups excluding carboxylic acids is 1. The predicted molar refractivity (Wildman–Crippen MR) is 81.7 cm³/mol. The topological polar surface area (TPSA) is 30.2 Å². The van der Waals surface area contributed by atoms with Crippen molar-refractivity contribution < 1.29 is 22.4 Å². The fraction of sp³-hybridized carbons (Fsp3) is 0.278. The molecule has 23 heavy (non-hydrogen) atoms. The Morgan fingerprint density at radius 2 is 2.04 bits per heavy atom. The molecule has 122 valence electrons. The fourth-order valence-electron chi connectivity index (χ4n) is 2.19. The molecule has 1 aromatic carbocycles. The lowest BCUT2D eigenvalue weighted by Gasteiger charge is -2.08. The van der Waals surface area contributed by atoms with Crippen molar-refractivity contribution in [2.45, 2.75) is 31.9 Å². The van der Waals surface area contributed by atoms with Crippen LogP contribution in [0.1, 0.15) is 36.0 Å². The summed E-state index contributed by atoms with van der Waals surface area (Å²) in [7, 11) is 0. The van der Waals surface area contributed by atoms with Crippen LogP contribution in [0.15, 0.2) is 53.4 Å². The molecule has 0 unspecified atom stereocenters. The summed E-state index contributed by atoms with van der Waals surface area (Å²) < 4.78 is 42.7. The Hall–Kier alpha value is -2.30. The summed E-state index contributed by atoms with van der Waals surface area (Å²) in [4.78, 5) is 11.7. The Morgan fingerprint density at radius 1 is 1.22 bits per heavy atom. The Balaban J connectivity index is 1.75. The lowest BCUT2D eigenvalue weighted by molar-refractivity contribution is -0.137. The maximum Gasteiger partial charge on any atom is 0.416 e. The molecule has 0 bridgehead atoms. The highest BCUT2D eigenvalue weighted by atomic mass is 19.4. The summed E-state index contributed by atoms with van der Waals surface area (Å²) in [6.07, 6.45) is 4.03. The van der Waals surface area contributed by atoms with Gasteiger partial charge in [0.25, 0.3) is 0 Å². The van der Waals surface area contributed by atoms with Crippen molar-refractivity contribution >= 4 is 11.9 Å². The van der Waals surface area contributed by atoms with Gasteiger partial charge >= 0.3 is 6.18 Å². The van der Waals surface area contributed by atoms with E-state index in [0.717, 1.165) is 17.7 Å². The van der Waals surface area contributed by atoms with E-state index in [1.165, 1.54) is 6.07 Å². The van der Waals surface area contributed by atoms with E-state index in [4.69, 9.17) is 4.42 Å². The third-order valence-corrected chi connectivity index (χ3v) is 3.37. The first-order valence-corrected chi connectivity index (χ1v) is 7.32. The van der Waals surface area contributed by atoms with Crippen LogP contribution >= 0.6 is 0 Å². The molecule has 1 aromatic heterocycles. The molecule has 1 heterocycles. The van der Waals surface area contributed by atoms with Gasteiger partial charge < -0.3 is 4.42 Å². The van der Waals surface area contributed by atoms with E-state index >= 15 is 0 Å². The SMILES string of the molecule is O=C(C/C=C/c1ccoc1)CCCc1cccc(C(F)(F)F)c1. The van der Waals surface area contributed by atoms with E-state index in [1.54, 1.807) is 36.8 Å². The number of hydrogen-bond acceptors (Lipinski definition) is 2. The maximum atomic E-state index is 12.6. The van der Waals surface area contributed by atoms with Crippen molar-refractivity contribution in [3.63, 3.8) is 0 Å². The summed E-state index contributed by atoms with van der Waals surface area (Å²) in [6, 6.07) is 7.03. The number of aryl methyl sites for hydroxylation is 1. The van der Waals surface area contributed by atoms with Crippen LogP contribution in [-0.2, 0) is 17.4 Å². The number of rotatable bonds is 7. The van der Waals surface area contributed by atoms with Crippen LogP contribution in [0.25, 0.3) is 6.08 Å². The molecule has 2 rings (SSSR count). The van der Waals surface area contributed by atoms with Gasteiger partial charge in [-0.25, -0.2) is 0 Å². The van der Waals surface area contributed by atoms with Gasteiger partial charge in [-0.1, -0.05) is 30.4 Å². The molecule has 0 amide bonds. The van der Waals surface area contributed by atoms with Crippen LogP contribution < -0.4 is 0 Å². The molecule has 0 radical (unpaired) electrons. The average Bonchev–Trinajstić information content (AvgIpc) is 3.00. The van der Waals surface area contributed by atoms with E-state index in [0.29, 0.717) is 31.2 Å². The zero-order valence-electron chi connectivity index (χ0n) is 12.5. The van der Waals surface area contributed by atoms with Gasteiger partial charge in [0.2, 0.25) is 0 Å². The second-order valence-corrected chi connectivity index (χ2v) is 5.25. The minimum absolute atomic E-state index is 0.0664. The van der Waals surface area contributed by atoms with Gasteiger partial charge in [-0.2, -0.15) is 13.2 Å². The molecule has 0 aliphatic heterocycles. The van der Waals surface area contributed by atoms with Crippen molar-refractivity contribution in [2.75, 3.05) is 0 Å². The molecule has 0 saturated carbocycles. The number of carbonyl (C=O) groups is 1. The molecular formula is C18H17F3O2. The Kier molecular flexibility index (Phi) is 5.79. The summed E-state index contributed by atoms with van der Waals surface area (Å²) in [5, 5.41) is 0. The molecular weight excluding hydrogens is 305 g/mol. The minimum atomic E-state index is -4.33. The van der Waals surface area contributed by atoms with Crippen LogP contribution in [0.4, 0.5) is 13.2 Å². The number of benzene rings is 1. The van der Waals surface area contributed by atoms with Crippen molar-refractivity contribution in [1.82, 2.24) is 0 Å². The zero-order chi connectivity index (χ0) is 16.7.